The molecule has 146 valence electrons. The summed E-state index contributed by atoms with van der Waals surface area (Å²) in [6.07, 6.45) is 1.66. The maximum Gasteiger partial charge on any atom is 0.204 e. The van der Waals surface area contributed by atoms with E-state index < -0.39 is 0 Å². The predicted molar refractivity (Wildman–Crippen MR) is 117 cm³/mol. The predicted octanol–water partition coefficient (Wildman–Crippen LogP) is 4.58. The third-order valence-electron chi connectivity index (χ3n) is 5.21. The van der Waals surface area contributed by atoms with Crippen LogP contribution in [-0.2, 0) is 0 Å². The quantitative estimate of drug-likeness (QED) is 0.418. The first-order valence-corrected chi connectivity index (χ1v) is 9.65. The van der Waals surface area contributed by atoms with E-state index in [1.807, 2.05) is 77.0 Å². The second-order valence-corrected chi connectivity index (χ2v) is 7.26. The van der Waals surface area contributed by atoms with Gasteiger partial charge >= 0.3 is 0 Å². The van der Waals surface area contributed by atoms with Gasteiger partial charge in [0.2, 0.25) is 5.65 Å². The Morgan fingerprint density at radius 2 is 1.77 bits per heavy atom. The van der Waals surface area contributed by atoms with Crippen LogP contribution in [0.25, 0.3) is 16.7 Å². The van der Waals surface area contributed by atoms with E-state index in [0.717, 1.165) is 16.7 Å². The molecule has 0 aliphatic rings. The first-order valence-electron chi connectivity index (χ1n) is 9.65. The number of hydrogen-bond donors (Lipinski definition) is 0. The van der Waals surface area contributed by atoms with Crippen molar-refractivity contribution in [3.8, 4) is 0 Å². The molecule has 5 rings (SSSR count). The Morgan fingerprint density at radius 3 is 2.57 bits per heavy atom. The van der Waals surface area contributed by atoms with Crippen LogP contribution in [0.3, 0.4) is 0 Å². The van der Waals surface area contributed by atoms with Crippen LogP contribution in [-0.4, -0.2) is 32.4 Å². The minimum atomic E-state index is -0.0281. The summed E-state index contributed by atoms with van der Waals surface area (Å²) in [5, 5.41) is 8.39. The molecule has 6 nitrogen and oxygen atoms in total. The van der Waals surface area contributed by atoms with Gasteiger partial charge in [0, 0.05) is 23.9 Å². The summed E-state index contributed by atoms with van der Waals surface area (Å²) in [6, 6.07) is 23.0. The van der Waals surface area contributed by atoms with Gasteiger partial charge in [-0.2, -0.15) is 0 Å². The van der Waals surface area contributed by atoms with Crippen LogP contribution >= 0.6 is 0 Å². The summed E-state index contributed by atoms with van der Waals surface area (Å²) in [5.74, 6) is 0.674. The van der Waals surface area contributed by atoms with E-state index in [1.54, 1.807) is 6.33 Å². The zero-order valence-electron chi connectivity index (χ0n) is 16.6. The lowest BCUT2D eigenvalue weighted by molar-refractivity contribution is 0.103. The molecule has 0 radical (unpaired) electrons. The summed E-state index contributed by atoms with van der Waals surface area (Å²) >= 11 is 0. The highest BCUT2D eigenvalue weighted by atomic mass is 16.1. The molecular weight excluding hydrogens is 374 g/mol. The molecule has 0 spiro atoms. The van der Waals surface area contributed by atoms with Gasteiger partial charge in [0.25, 0.3) is 0 Å². The van der Waals surface area contributed by atoms with Crippen LogP contribution in [0.4, 0.5) is 11.5 Å². The van der Waals surface area contributed by atoms with Crippen molar-refractivity contribution in [2.75, 3.05) is 11.9 Å². The number of hydrogen-bond acceptors (Lipinski definition) is 5. The van der Waals surface area contributed by atoms with Gasteiger partial charge in [-0.3, -0.25) is 9.20 Å². The second-order valence-electron chi connectivity index (χ2n) is 7.26. The van der Waals surface area contributed by atoms with E-state index in [1.165, 1.54) is 5.56 Å². The zero-order valence-corrected chi connectivity index (χ0v) is 16.6. The summed E-state index contributed by atoms with van der Waals surface area (Å²) in [6.45, 7) is 2.06. The molecule has 0 atom stereocenters. The van der Waals surface area contributed by atoms with Gasteiger partial charge in [0.1, 0.15) is 6.33 Å². The number of anilines is 2. The molecule has 0 aliphatic carbocycles. The molecule has 30 heavy (non-hydrogen) atoms. The fraction of sp³-hybridized carbons (Fsp3) is 0.0833. The lowest BCUT2D eigenvalue weighted by atomic mass is 10.0. The Kier molecular flexibility index (Phi) is 4.25. The largest absolute Gasteiger partial charge is 0.326 e. The molecule has 2 aromatic heterocycles. The molecule has 2 heterocycles. The van der Waals surface area contributed by atoms with Crippen LogP contribution in [0.15, 0.2) is 79.1 Å². The lowest BCUT2D eigenvalue weighted by Crippen LogP contribution is -2.13. The average molecular weight is 393 g/mol. The fourth-order valence-corrected chi connectivity index (χ4v) is 3.62. The van der Waals surface area contributed by atoms with E-state index in [9.17, 15) is 4.79 Å². The third-order valence-corrected chi connectivity index (χ3v) is 5.21. The summed E-state index contributed by atoms with van der Waals surface area (Å²) in [5.41, 5.74) is 5.63. The minimum absolute atomic E-state index is 0.0281. The summed E-state index contributed by atoms with van der Waals surface area (Å²) < 4.78 is 1.88. The highest BCUT2D eigenvalue weighted by Gasteiger charge is 2.17. The Bertz CT molecular complexity index is 1390. The molecule has 0 amide bonds. The number of ketones is 1. The molecule has 0 bridgehead atoms. The van der Waals surface area contributed by atoms with Crippen molar-refractivity contribution in [2.45, 2.75) is 6.92 Å². The first kappa shape index (κ1) is 18.0. The number of aromatic nitrogens is 4. The van der Waals surface area contributed by atoms with Gasteiger partial charge in [0.15, 0.2) is 11.6 Å². The van der Waals surface area contributed by atoms with Crippen LogP contribution < -0.4 is 4.90 Å². The van der Waals surface area contributed by atoms with Crippen molar-refractivity contribution in [3.05, 3.63) is 95.8 Å². The Labute approximate surface area is 173 Å². The molecule has 0 aliphatic heterocycles. The van der Waals surface area contributed by atoms with E-state index in [4.69, 9.17) is 4.98 Å². The monoisotopic (exact) mass is 393 g/mol. The van der Waals surface area contributed by atoms with Crippen LogP contribution in [0, 0.1) is 6.92 Å². The van der Waals surface area contributed by atoms with Crippen molar-refractivity contribution in [3.63, 3.8) is 0 Å². The Balaban J connectivity index is 1.65. The normalized spacial score (nSPS) is 11.1. The highest BCUT2D eigenvalue weighted by molar-refractivity contribution is 6.10. The van der Waals surface area contributed by atoms with E-state index >= 15 is 0 Å². The second kappa shape index (κ2) is 7.08. The molecule has 0 N–H and O–H groups in total. The third kappa shape index (κ3) is 2.99. The molecular formula is C24H19N5O. The molecule has 0 unspecified atom stereocenters. The van der Waals surface area contributed by atoms with Gasteiger partial charge in [0.05, 0.1) is 11.0 Å². The van der Waals surface area contributed by atoms with Crippen molar-refractivity contribution in [1.29, 1.82) is 0 Å². The number of fused-ring (bicyclic) bond motifs is 3. The number of aryl methyl sites for hydroxylation is 1. The topological polar surface area (TPSA) is 63.4 Å². The van der Waals surface area contributed by atoms with Crippen LogP contribution in [0.2, 0.25) is 0 Å². The molecule has 5 aromatic rings. The molecule has 0 fully saturated rings. The minimum Gasteiger partial charge on any atom is -0.326 e. The van der Waals surface area contributed by atoms with Gasteiger partial charge in [-0.15, -0.1) is 10.2 Å². The number of benzene rings is 3. The lowest BCUT2D eigenvalue weighted by Gasteiger charge is -2.20. The molecule has 0 saturated heterocycles. The molecule has 6 heteroatoms. The van der Waals surface area contributed by atoms with Crippen molar-refractivity contribution in [2.24, 2.45) is 0 Å². The standard InChI is InChI=1S/C24H19N5O/c1-16-7-6-10-19(13-16)28(2)23-24-27-25-15-29(24)21-14-18(11-12-20(21)26-23)22(30)17-8-4-3-5-9-17/h3-15H,1-2H3. The van der Waals surface area contributed by atoms with Gasteiger partial charge in [-0.05, 0) is 42.8 Å². The number of rotatable bonds is 4. The summed E-state index contributed by atoms with van der Waals surface area (Å²) in [4.78, 5) is 19.7. The van der Waals surface area contributed by atoms with E-state index in [0.29, 0.717) is 22.6 Å². The maximum absolute atomic E-state index is 12.9. The first-order chi connectivity index (χ1) is 14.6. The van der Waals surface area contributed by atoms with Crippen molar-refractivity contribution < 1.29 is 4.79 Å². The SMILES string of the molecule is Cc1cccc(N(C)c2nc3ccc(C(=O)c4ccccc4)cc3n3cnnc23)c1. The molecule has 0 saturated carbocycles. The van der Waals surface area contributed by atoms with E-state index in [-0.39, 0.29) is 5.78 Å². The van der Waals surface area contributed by atoms with Crippen molar-refractivity contribution in [1.82, 2.24) is 19.6 Å². The van der Waals surface area contributed by atoms with Gasteiger partial charge in [-0.1, -0.05) is 42.5 Å². The van der Waals surface area contributed by atoms with Gasteiger partial charge in [-0.25, -0.2) is 4.98 Å². The average Bonchev–Trinajstić information content (AvgIpc) is 3.28. The van der Waals surface area contributed by atoms with Gasteiger partial charge < -0.3 is 4.90 Å². The smallest absolute Gasteiger partial charge is 0.204 e. The Hall–Kier alpha value is -4.06. The molecule has 3 aromatic carbocycles. The van der Waals surface area contributed by atoms with Crippen molar-refractivity contribution >= 4 is 34.0 Å². The van der Waals surface area contributed by atoms with Crippen LogP contribution in [0.1, 0.15) is 21.5 Å². The zero-order chi connectivity index (χ0) is 20.7. The maximum atomic E-state index is 12.9. The van der Waals surface area contributed by atoms with Crippen LogP contribution in [0.5, 0.6) is 0 Å². The summed E-state index contributed by atoms with van der Waals surface area (Å²) in [7, 11) is 1.96. The fourth-order valence-electron chi connectivity index (χ4n) is 3.62. The number of carbonyl (C=O) groups is 1. The Morgan fingerprint density at radius 1 is 0.933 bits per heavy atom. The van der Waals surface area contributed by atoms with E-state index in [2.05, 4.69) is 29.3 Å². The number of nitrogens with zero attached hydrogens (tertiary/aromatic N) is 5. The number of carbonyl (C=O) groups excluding carboxylic acids is 1. The highest BCUT2D eigenvalue weighted by Crippen LogP contribution is 2.29.